The summed E-state index contributed by atoms with van der Waals surface area (Å²) in [5, 5.41) is 25.1. The molecule has 0 aliphatic carbocycles. The van der Waals surface area contributed by atoms with Crippen molar-refractivity contribution in [3.8, 4) is 0 Å². The van der Waals surface area contributed by atoms with Gasteiger partial charge in [0.05, 0.1) is 0 Å². The van der Waals surface area contributed by atoms with Crippen molar-refractivity contribution in [3.05, 3.63) is 164 Å². The van der Waals surface area contributed by atoms with Gasteiger partial charge in [-0.1, -0.05) is 0 Å². The van der Waals surface area contributed by atoms with Crippen LogP contribution in [0.2, 0.25) is 0 Å². The predicted molar refractivity (Wildman–Crippen MR) is 209 cm³/mol. The molecule has 0 amide bonds. The van der Waals surface area contributed by atoms with Gasteiger partial charge in [-0.3, -0.25) is 0 Å². The van der Waals surface area contributed by atoms with Crippen molar-refractivity contribution in [1.82, 2.24) is 0 Å². The van der Waals surface area contributed by atoms with Gasteiger partial charge in [0, 0.05) is 0 Å². The van der Waals surface area contributed by atoms with Crippen LogP contribution >= 0.6 is 37.2 Å². The van der Waals surface area contributed by atoms with Crippen LogP contribution in [0.25, 0.3) is 0 Å². The first kappa shape index (κ1) is 43.4. The zero-order chi connectivity index (χ0) is 31.5. The van der Waals surface area contributed by atoms with E-state index in [1.54, 1.807) is 0 Å². The maximum absolute atomic E-state index is 4.20. The van der Waals surface area contributed by atoms with Crippen LogP contribution in [0.1, 0.15) is 0 Å². The van der Waals surface area contributed by atoms with E-state index in [0.29, 0.717) is 0 Å². The Hall–Kier alpha value is -2.64. The van der Waals surface area contributed by atoms with Crippen LogP contribution in [0, 0.1) is 0 Å². The Bertz CT molecular complexity index is 1630. The van der Waals surface area contributed by atoms with Gasteiger partial charge in [-0.2, -0.15) is 0 Å². The van der Waals surface area contributed by atoms with Crippen LogP contribution in [0.3, 0.4) is 0 Å². The van der Waals surface area contributed by atoms with Gasteiger partial charge >= 0.3 is 306 Å². The van der Waals surface area contributed by atoms with E-state index in [1.165, 1.54) is 0 Å². The van der Waals surface area contributed by atoms with E-state index in [0.717, 1.165) is 45.0 Å². The third-order valence-corrected chi connectivity index (χ3v) is 8.64. The van der Waals surface area contributed by atoms with Crippen LogP contribution in [0.15, 0.2) is 194 Å². The summed E-state index contributed by atoms with van der Waals surface area (Å²) < 4.78 is 3.44. The SMILES string of the molecule is Cl.Cl.Cl.[Te]c1ccccc1/N=N/c1ccccc1.[Te]c1ccccc1/N=N/c1ccccc1.[Te]c1ccccc1/N=N/c1ccccc1. The summed E-state index contributed by atoms with van der Waals surface area (Å²) in [7, 11) is 0. The van der Waals surface area contributed by atoms with Crippen LogP contribution in [0.4, 0.5) is 34.1 Å². The summed E-state index contributed by atoms with van der Waals surface area (Å²) in [4.78, 5) is 0. The van der Waals surface area contributed by atoms with E-state index in [2.05, 4.69) is 30.7 Å². The number of azo groups is 3. The molecule has 6 rings (SSSR count). The van der Waals surface area contributed by atoms with Gasteiger partial charge in [0.15, 0.2) is 0 Å². The standard InChI is InChI=1S/3C12H9N2Te.3ClH/c3*15-12-9-5-4-8-11(12)14-13-10-6-2-1-3-7-10;;;/h3*1-9H;3*1H/b3*14-13+;;;. The minimum atomic E-state index is 0. The third-order valence-electron chi connectivity index (χ3n) is 5.68. The normalized spacial score (nSPS) is 10.0. The van der Waals surface area contributed by atoms with Crippen molar-refractivity contribution in [2.45, 2.75) is 0 Å². The molecule has 0 atom stereocenters. The average Bonchev–Trinajstić information content (AvgIpc) is 3.09. The molecular weight excluding hydrogens is 1010 g/mol. The molecule has 0 unspecified atom stereocenters. The maximum atomic E-state index is 4.20. The van der Waals surface area contributed by atoms with Gasteiger partial charge < -0.3 is 0 Å². The van der Waals surface area contributed by atoms with Gasteiger partial charge in [0.2, 0.25) is 0 Å². The molecule has 0 fully saturated rings. The molecule has 243 valence electrons. The van der Waals surface area contributed by atoms with Crippen molar-refractivity contribution < 1.29 is 0 Å². The molecule has 0 aliphatic heterocycles. The Labute approximate surface area is 340 Å². The van der Waals surface area contributed by atoms with E-state index in [4.69, 9.17) is 0 Å². The fourth-order valence-electron chi connectivity index (χ4n) is 3.44. The molecule has 3 radical (unpaired) electrons. The first-order valence-corrected chi connectivity index (χ1v) is 17.3. The van der Waals surface area contributed by atoms with Crippen molar-refractivity contribution in [2.75, 3.05) is 0 Å². The monoisotopic (exact) mass is 1040 g/mol. The Kier molecular flexibility index (Phi) is 22.9. The van der Waals surface area contributed by atoms with Gasteiger partial charge in [-0.25, -0.2) is 0 Å². The fraction of sp³-hybridized carbons (Fsp3) is 0. The predicted octanol–water partition coefficient (Wildman–Crippen LogP) is 9.95. The van der Waals surface area contributed by atoms with Crippen LogP contribution < -0.4 is 10.8 Å². The second-order valence-electron chi connectivity index (χ2n) is 9.01. The van der Waals surface area contributed by atoms with Crippen LogP contribution in [-0.4, -0.2) is 66.9 Å². The summed E-state index contributed by atoms with van der Waals surface area (Å²) >= 11 is 5.86. The second kappa shape index (κ2) is 25.3. The Morgan fingerprint density at radius 1 is 0.250 bits per heavy atom. The van der Waals surface area contributed by atoms with Gasteiger partial charge in [-0.15, -0.1) is 37.2 Å². The first-order valence-electron chi connectivity index (χ1n) is 13.8. The molecule has 0 aromatic heterocycles. The number of halogens is 3. The summed E-state index contributed by atoms with van der Waals surface area (Å²) in [5.41, 5.74) is 5.40. The van der Waals surface area contributed by atoms with Crippen molar-refractivity contribution in [3.63, 3.8) is 0 Å². The molecule has 6 aromatic rings. The molecule has 0 saturated carbocycles. The summed E-state index contributed by atoms with van der Waals surface area (Å²) in [6.45, 7) is 0. The molecule has 0 aliphatic rings. The van der Waals surface area contributed by atoms with Gasteiger partial charge in [-0.05, 0) is 0 Å². The molecule has 0 N–H and O–H groups in total. The zero-order valence-electron chi connectivity index (χ0n) is 25.2. The number of rotatable bonds is 6. The zero-order valence-corrected chi connectivity index (χ0v) is 34.7. The Morgan fingerprint density at radius 2 is 0.458 bits per heavy atom. The van der Waals surface area contributed by atoms with E-state index >= 15 is 0 Å². The van der Waals surface area contributed by atoms with Crippen molar-refractivity contribution >= 4 is 149 Å². The van der Waals surface area contributed by atoms with Crippen molar-refractivity contribution in [2.24, 2.45) is 30.7 Å². The fourth-order valence-corrected chi connectivity index (χ4v) is 5.04. The topological polar surface area (TPSA) is 74.2 Å². The Balaban J connectivity index is 0.000000349. The average molecular weight is 1040 g/mol. The number of hydrogen-bond acceptors (Lipinski definition) is 6. The molecule has 0 saturated heterocycles. The molecule has 6 nitrogen and oxygen atoms in total. The Morgan fingerprint density at radius 3 is 0.688 bits per heavy atom. The number of nitrogens with zero attached hydrogens (tertiary/aromatic N) is 6. The van der Waals surface area contributed by atoms with Crippen molar-refractivity contribution in [1.29, 1.82) is 0 Å². The summed E-state index contributed by atoms with van der Waals surface area (Å²) in [5.74, 6) is 0. The van der Waals surface area contributed by atoms with Crippen LogP contribution in [0.5, 0.6) is 0 Å². The summed E-state index contributed by atoms with van der Waals surface area (Å²) in [6, 6.07) is 53.1. The quantitative estimate of drug-likeness (QED) is 0.118. The molecule has 48 heavy (non-hydrogen) atoms. The van der Waals surface area contributed by atoms with E-state index in [-0.39, 0.29) is 37.2 Å². The van der Waals surface area contributed by atoms with E-state index in [1.807, 2.05) is 231 Å². The molecular formula is C36H30Cl3N6Te3. The molecule has 12 heteroatoms. The van der Waals surface area contributed by atoms with Gasteiger partial charge in [0.25, 0.3) is 0 Å². The van der Waals surface area contributed by atoms with Gasteiger partial charge in [0.1, 0.15) is 0 Å². The summed E-state index contributed by atoms with van der Waals surface area (Å²) in [6.07, 6.45) is 0. The molecule has 6 aromatic carbocycles. The second-order valence-corrected chi connectivity index (χ2v) is 12.8. The van der Waals surface area contributed by atoms with E-state index < -0.39 is 0 Å². The minimum absolute atomic E-state index is 0. The number of hydrogen-bond donors (Lipinski definition) is 0. The number of benzene rings is 6. The van der Waals surface area contributed by atoms with E-state index in [9.17, 15) is 0 Å². The molecule has 0 heterocycles. The third kappa shape index (κ3) is 16.2. The first-order chi connectivity index (χ1) is 22.1. The molecule has 0 bridgehead atoms. The van der Waals surface area contributed by atoms with Crippen LogP contribution in [-0.2, 0) is 0 Å². The molecule has 0 spiro atoms.